The van der Waals surface area contributed by atoms with Gasteiger partial charge in [-0.3, -0.25) is 0 Å². The lowest BCUT2D eigenvalue weighted by Crippen LogP contribution is -1.86. The highest BCUT2D eigenvalue weighted by atomic mass is 127. The van der Waals surface area contributed by atoms with E-state index in [1.807, 2.05) is 0 Å². The van der Waals surface area contributed by atoms with Gasteiger partial charge in [-0.05, 0) is 41.5 Å². The van der Waals surface area contributed by atoms with Crippen molar-refractivity contribution >= 4 is 49.9 Å². The van der Waals surface area contributed by atoms with E-state index in [9.17, 15) is 0 Å². The van der Waals surface area contributed by atoms with Gasteiger partial charge in [-0.2, -0.15) is 0 Å². The number of rotatable bonds is 3. The maximum atomic E-state index is 4.29. The Morgan fingerprint density at radius 2 is 2.18 bits per heavy atom. The number of halogens is 2. The van der Waals surface area contributed by atoms with E-state index in [1.165, 1.54) is 14.7 Å². The van der Waals surface area contributed by atoms with Gasteiger partial charge >= 0.3 is 0 Å². The second kappa shape index (κ2) is 5.75. The molecule has 90 valence electrons. The molecule has 1 unspecified atom stereocenters. The number of aryl methyl sites for hydroxylation is 1. The number of alkyl halides is 1. The molecule has 1 atom stereocenters. The third kappa shape index (κ3) is 2.88. The van der Waals surface area contributed by atoms with Crippen LogP contribution in [0.5, 0.6) is 0 Å². The van der Waals surface area contributed by atoms with Gasteiger partial charge < -0.3 is 0 Å². The van der Waals surface area contributed by atoms with Crippen LogP contribution < -0.4 is 0 Å². The predicted octanol–water partition coefficient (Wildman–Crippen LogP) is 4.96. The molecule has 17 heavy (non-hydrogen) atoms. The number of nitrogens with zero attached hydrogens (tertiary/aromatic N) is 2. The van der Waals surface area contributed by atoms with Gasteiger partial charge in [0.05, 0.1) is 4.83 Å². The molecule has 1 heterocycles. The topological polar surface area (TPSA) is 25.8 Å². The van der Waals surface area contributed by atoms with Gasteiger partial charge in [0.15, 0.2) is 0 Å². The van der Waals surface area contributed by atoms with Crippen LogP contribution in [0, 0.1) is 10.5 Å². The fourth-order valence-electron chi connectivity index (χ4n) is 1.46. The normalized spacial score (nSPS) is 12.7. The van der Waals surface area contributed by atoms with Crippen molar-refractivity contribution in [2.24, 2.45) is 0 Å². The summed E-state index contributed by atoms with van der Waals surface area (Å²) in [6.45, 7) is 4.25. The lowest BCUT2D eigenvalue weighted by atomic mass is 10.1. The Balaban J connectivity index is 2.40. The van der Waals surface area contributed by atoms with E-state index < -0.39 is 0 Å². The summed E-state index contributed by atoms with van der Waals surface area (Å²) in [7, 11) is 0. The molecular weight excluding hydrogens is 411 g/mol. The molecule has 1 aromatic carbocycles. The highest BCUT2D eigenvalue weighted by Gasteiger charge is 2.14. The SMILES string of the molecule is CCC(Br)c1nnc(-c2cccc(C)c2I)s1. The van der Waals surface area contributed by atoms with E-state index in [1.54, 1.807) is 11.3 Å². The van der Waals surface area contributed by atoms with Gasteiger partial charge in [0, 0.05) is 9.13 Å². The standard InChI is InChI=1S/C12H12BrIN2S/c1-3-9(13)12-16-15-11(17-12)8-6-4-5-7(2)10(8)14/h4-6,9H,3H2,1-2H3. The predicted molar refractivity (Wildman–Crippen MR) is 84.8 cm³/mol. The molecule has 2 aromatic rings. The van der Waals surface area contributed by atoms with Crippen molar-refractivity contribution in [2.45, 2.75) is 25.1 Å². The second-order valence-electron chi connectivity index (χ2n) is 3.76. The Morgan fingerprint density at radius 1 is 1.41 bits per heavy atom. The lowest BCUT2D eigenvalue weighted by Gasteiger charge is -2.03. The Kier molecular flexibility index (Phi) is 4.54. The third-order valence-electron chi connectivity index (χ3n) is 2.49. The molecule has 0 radical (unpaired) electrons. The smallest absolute Gasteiger partial charge is 0.142 e. The van der Waals surface area contributed by atoms with Gasteiger partial charge in [-0.1, -0.05) is 52.4 Å². The Bertz CT molecular complexity index is 527. The van der Waals surface area contributed by atoms with Crippen LogP contribution in [0.4, 0.5) is 0 Å². The molecule has 2 rings (SSSR count). The van der Waals surface area contributed by atoms with Crippen molar-refractivity contribution in [3.63, 3.8) is 0 Å². The zero-order valence-corrected chi connectivity index (χ0v) is 14.1. The van der Waals surface area contributed by atoms with E-state index >= 15 is 0 Å². The van der Waals surface area contributed by atoms with E-state index in [2.05, 4.69) is 80.8 Å². The van der Waals surface area contributed by atoms with Crippen LogP contribution >= 0.6 is 49.9 Å². The van der Waals surface area contributed by atoms with Crippen LogP contribution in [0.15, 0.2) is 18.2 Å². The number of hydrogen-bond donors (Lipinski definition) is 0. The number of aromatic nitrogens is 2. The van der Waals surface area contributed by atoms with E-state index in [4.69, 9.17) is 0 Å². The van der Waals surface area contributed by atoms with Crippen LogP contribution in [-0.4, -0.2) is 10.2 Å². The lowest BCUT2D eigenvalue weighted by molar-refractivity contribution is 0.870. The minimum Gasteiger partial charge on any atom is -0.142 e. The zero-order chi connectivity index (χ0) is 12.4. The third-order valence-corrected chi connectivity index (χ3v) is 6.38. The Hall–Kier alpha value is -0.0100. The molecule has 0 aliphatic heterocycles. The Morgan fingerprint density at radius 3 is 2.88 bits per heavy atom. The fraction of sp³-hybridized carbons (Fsp3) is 0.333. The molecule has 0 aliphatic rings. The first-order chi connectivity index (χ1) is 8.13. The molecule has 1 aromatic heterocycles. The largest absolute Gasteiger partial charge is 0.148 e. The number of hydrogen-bond acceptors (Lipinski definition) is 3. The van der Waals surface area contributed by atoms with Gasteiger partial charge in [-0.15, -0.1) is 10.2 Å². The Labute approximate surface area is 127 Å². The first kappa shape index (κ1) is 13.4. The van der Waals surface area contributed by atoms with Crippen molar-refractivity contribution in [1.29, 1.82) is 0 Å². The molecule has 0 amide bonds. The molecular formula is C12H12BrIN2S. The number of benzene rings is 1. The average Bonchev–Trinajstić information content (AvgIpc) is 2.81. The highest BCUT2D eigenvalue weighted by Crippen LogP contribution is 2.34. The monoisotopic (exact) mass is 422 g/mol. The van der Waals surface area contributed by atoms with Crippen LogP contribution in [0.2, 0.25) is 0 Å². The first-order valence-electron chi connectivity index (χ1n) is 5.36. The van der Waals surface area contributed by atoms with Gasteiger partial charge in [0.2, 0.25) is 0 Å². The molecule has 5 heteroatoms. The van der Waals surface area contributed by atoms with Crippen LogP contribution in [0.3, 0.4) is 0 Å². The van der Waals surface area contributed by atoms with Crippen LogP contribution in [-0.2, 0) is 0 Å². The van der Waals surface area contributed by atoms with Gasteiger partial charge in [0.25, 0.3) is 0 Å². The van der Waals surface area contributed by atoms with Crippen molar-refractivity contribution in [3.8, 4) is 10.6 Å². The summed E-state index contributed by atoms with van der Waals surface area (Å²) in [5.74, 6) is 0. The molecule has 0 N–H and O–H groups in total. The second-order valence-corrected chi connectivity index (χ2v) is 6.95. The summed E-state index contributed by atoms with van der Waals surface area (Å²) in [4.78, 5) is 0.316. The van der Waals surface area contributed by atoms with Crippen molar-refractivity contribution in [3.05, 3.63) is 32.3 Å². The molecule has 0 saturated heterocycles. The quantitative estimate of drug-likeness (QED) is 0.515. The molecule has 0 saturated carbocycles. The van der Waals surface area contributed by atoms with E-state index in [0.717, 1.165) is 16.4 Å². The van der Waals surface area contributed by atoms with E-state index in [0.29, 0.717) is 4.83 Å². The highest BCUT2D eigenvalue weighted by molar-refractivity contribution is 14.1. The minimum absolute atomic E-state index is 0.316. The zero-order valence-electron chi connectivity index (χ0n) is 9.58. The molecule has 0 fully saturated rings. The molecule has 0 spiro atoms. The molecule has 0 aliphatic carbocycles. The van der Waals surface area contributed by atoms with Crippen molar-refractivity contribution in [1.82, 2.24) is 10.2 Å². The minimum atomic E-state index is 0.316. The summed E-state index contributed by atoms with van der Waals surface area (Å²) in [6, 6.07) is 6.29. The summed E-state index contributed by atoms with van der Waals surface area (Å²) in [5, 5.41) is 10.6. The maximum Gasteiger partial charge on any atom is 0.148 e. The fourth-order valence-corrected chi connectivity index (χ4v) is 3.56. The summed E-state index contributed by atoms with van der Waals surface area (Å²) in [6.07, 6.45) is 1.03. The van der Waals surface area contributed by atoms with Crippen molar-refractivity contribution < 1.29 is 0 Å². The summed E-state index contributed by atoms with van der Waals surface area (Å²) >= 11 is 7.65. The molecule has 0 bridgehead atoms. The van der Waals surface area contributed by atoms with Crippen LogP contribution in [0.1, 0.15) is 28.7 Å². The van der Waals surface area contributed by atoms with Gasteiger partial charge in [-0.25, -0.2) is 0 Å². The maximum absolute atomic E-state index is 4.29. The summed E-state index contributed by atoms with van der Waals surface area (Å²) < 4.78 is 1.26. The average molecular weight is 423 g/mol. The van der Waals surface area contributed by atoms with Gasteiger partial charge in [0.1, 0.15) is 10.0 Å². The first-order valence-corrected chi connectivity index (χ1v) is 8.17. The van der Waals surface area contributed by atoms with Crippen molar-refractivity contribution in [2.75, 3.05) is 0 Å². The molecule has 2 nitrogen and oxygen atoms in total. The summed E-state index contributed by atoms with van der Waals surface area (Å²) in [5.41, 5.74) is 2.47. The van der Waals surface area contributed by atoms with E-state index in [-0.39, 0.29) is 0 Å². The van der Waals surface area contributed by atoms with Crippen LogP contribution in [0.25, 0.3) is 10.6 Å².